The maximum Gasteiger partial charge on any atom is 0.343 e. The Balaban J connectivity index is 2.42. The van der Waals surface area contributed by atoms with Crippen molar-refractivity contribution in [3.63, 3.8) is 0 Å². The molecule has 2 heterocycles. The lowest BCUT2D eigenvalue weighted by Crippen LogP contribution is -2.56. The van der Waals surface area contributed by atoms with Gasteiger partial charge in [-0.15, -0.1) is 0 Å². The van der Waals surface area contributed by atoms with Crippen LogP contribution in [0, 0.1) is 0 Å². The molecule has 1 aliphatic heterocycles. The molecule has 0 saturated carbocycles. The van der Waals surface area contributed by atoms with Gasteiger partial charge in [0.1, 0.15) is 5.56 Å². The molecule has 23 heavy (non-hydrogen) atoms. The number of amides is 4. The summed E-state index contributed by atoms with van der Waals surface area (Å²) in [5.41, 5.74) is -1.00. The van der Waals surface area contributed by atoms with E-state index in [1.165, 1.54) is 26.2 Å². The fourth-order valence-electron chi connectivity index (χ4n) is 2.20. The number of barbiturate groups is 1. The first-order valence-electron chi connectivity index (χ1n) is 6.79. The number of ether oxygens (including phenoxy) is 1. The molecule has 1 aliphatic rings. The monoisotopic (exact) mass is 321 g/mol. The lowest BCUT2D eigenvalue weighted by atomic mass is 9.99. The van der Waals surface area contributed by atoms with Crippen LogP contribution in [0.15, 0.2) is 16.9 Å². The maximum atomic E-state index is 12.2. The van der Waals surface area contributed by atoms with E-state index < -0.39 is 35.3 Å². The summed E-state index contributed by atoms with van der Waals surface area (Å²) in [6.45, 7) is 1.71. The van der Waals surface area contributed by atoms with Crippen LogP contribution >= 0.6 is 0 Å². The number of rotatable bonds is 3. The quantitative estimate of drug-likeness (QED) is 0.602. The standard InChI is InChI=1S/C14H15N3O6/c1-4-23-13(21)7-5-6-8(15-10(7)18)9-11(19)16(2)14(22)17(3)12(9)20/h5-6,9H,4H2,1-3H3,(H,15,18). The molecule has 1 saturated heterocycles. The van der Waals surface area contributed by atoms with Gasteiger partial charge in [0.15, 0.2) is 5.92 Å². The van der Waals surface area contributed by atoms with E-state index in [2.05, 4.69) is 4.98 Å². The van der Waals surface area contributed by atoms with Crippen LogP contribution in [0.5, 0.6) is 0 Å². The average molecular weight is 321 g/mol. The summed E-state index contributed by atoms with van der Waals surface area (Å²) in [5.74, 6) is -3.65. The minimum atomic E-state index is -1.34. The van der Waals surface area contributed by atoms with E-state index in [0.717, 1.165) is 9.80 Å². The number of imide groups is 2. The van der Waals surface area contributed by atoms with Gasteiger partial charge in [0.05, 0.1) is 6.61 Å². The van der Waals surface area contributed by atoms with E-state index in [9.17, 15) is 24.0 Å². The van der Waals surface area contributed by atoms with Crippen LogP contribution in [0.2, 0.25) is 0 Å². The lowest BCUT2D eigenvalue weighted by Gasteiger charge is -2.32. The van der Waals surface area contributed by atoms with Crippen LogP contribution in [0.1, 0.15) is 28.9 Å². The summed E-state index contributed by atoms with van der Waals surface area (Å²) >= 11 is 0. The minimum Gasteiger partial charge on any atom is -0.462 e. The maximum absolute atomic E-state index is 12.2. The second-order valence-electron chi connectivity index (χ2n) is 4.89. The summed E-state index contributed by atoms with van der Waals surface area (Å²) in [7, 11) is 2.48. The van der Waals surface area contributed by atoms with Crippen molar-refractivity contribution in [3.8, 4) is 0 Å². The smallest absolute Gasteiger partial charge is 0.343 e. The number of aromatic amines is 1. The molecule has 2 rings (SSSR count). The van der Waals surface area contributed by atoms with Gasteiger partial charge in [-0.3, -0.25) is 24.2 Å². The largest absolute Gasteiger partial charge is 0.462 e. The zero-order chi connectivity index (χ0) is 17.3. The van der Waals surface area contributed by atoms with Crippen molar-refractivity contribution in [1.29, 1.82) is 0 Å². The molecule has 122 valence electrons. The van der Waals surface area contributed by atoms with Crippen molar-refractivity contribution >= 4 is 23.8 Å². The van der Waals surface area contributed by atoms with Crippen molar-refractivity contribution < 1.29 is 23.9 Å². The molecule has 1 aromatic heterocycles. The molecule has 9 heteroatoms. The van der Waals surface area contributed by atoms with Crippen molar-refractivity contribution in [2.45, 2.75) is 12.8 Å². The van der Waals surface area contributed by atoms with E-state index >= 15 is 0 Å². The molecular weight excluding hydrogens is 306 g/mol. The molecule has 0 bridgehead atoms. The third kappa shape index (κ3) is 2.72. The van der Waals surface area contributed by atoms with Gasteiger partial charge in [0.25, 0.3) is 5.56 Å². The summed E-state index contributed by atoms with van der Waals surface area (Å²) in [5, 5.41) is 0. The van der Waals surface area contributed by atoms with Crippen molar-refractivity contribution in [1.82, 2.24) is 14.8 Å². The van der Waals surface area contributed by atoms with Crippen LogP contribution in [0.25, 0.3) is 0 Å². The van der Waals surface area contributed by atoms with Gasteiger partial charge in [-0.25, -0.2) is 9.59 Å². The average Bonchev–Trinajstić information content (AvgIpc) is 2.51. The zero-order valence-electron chi connectivity index (χ0n) is 12.8. The predicted molar refractivity (Wildman–Crippen MR) is 76.7 cm³/mol. The van der Waals surface area contributed by atoms with Crippen molar-refractivity contribution in [2.75, 3.05) is 20.7 Å². The van der Waals surface area contributed by atoms with Gasteiger partial charge < -0.3 is 9.72 Å². The number of aromatic nitrogens is 1. The fraction of sp³-hybridized carbons (Fsp3) is 0.357. The molecule has 1 aromatic rings. The normalized spacial score (nSPS) is 16.0. The Hall–Kier alpha value is -2.97. The Morgan fingerprint density at radius 3 is 2.17 bits per heavy atom. The first-order valence-corrected chi connectivity index (χ1v) is 6.79. The summed E-state index contributed by atoms with van der Waals surface area (Å²) in [4.78, 5) is 63.5. The summed E-state index contributed by atoms with van der Waals surface area (Å²) in [6, 6.07) is 1.72. The molecule has 0 spiro atoms. The van der Waals surface area contributed by atoms with E-state index in [4.69, 9.17) is 4.74 Å². The third-order valence-electron chi connectivity index (χ3n) is 3.47. The van der Waals surface area contributed by atoms with Gasteiger partial charge in [-0.1, -0.05) is 0 Å². The van der Waals surface area contributed by atoms with E-state index in [0.29, 0.717) is 0 Å². The SMILES string of the molecule is CCOC(=O)c1ccc(C2C(=O)N(C)C(=O)N(C)C2=O)[nH]c1=O. The Morgan fingerprint density at radius 2 is 1.70 bits per heavy atom. The molecule has 1 N–H and O–H groups in total. The van der Waals surface area contributed by atoms with Crippen LogP contribution in [0.4, 0.5) is 4.79 Å². The molecule has 0 radical (unpaired) electrons. The third-order valence-corrected chi connectivity index (χ3v) is 3.47. The number of carbonyl (C=O) groups excluding carboxylic acids is 4. The number of nitrogens with one attached hydrogen (secondary N) is 1. The Morgan fingerprint density at radius 1 is 1.13 bits per heavy atom. The molecule has 0 atom stereocenters. The highest BCUT2D eigenvalue weighted by molar-refractivity contribution is 6.18. The van der Waals surface area contributed by atoms with Crippen LogP contribution in [-0.2, 0) is 14.3 Å². The number of hydrogen-bond donors (Lipinski definition) is 1. The van der Waals surface area contributed by atoms with Gasteiger partial charge >= 0.3 is 12.0 Å². The molecule has 1 fully saturated rings. The number of urea groups is 1. The number of nitrogens with zero attached hydrogens (tertiary/aromatic N) is 2. The second-order valence-corrected chi connectivity index (χ2v) is 4.89. The van der Waals surface area contributed by atoms with Crippen LogP contribution < -0.4 is 5.56 Å². The van der Waals surface area contributed by atoms with Crippen molar-refractivity contribution in [3.05, 3.63) is 33.7 Å². The summed E-state index contributed by atoms with van der Waals surface area (Å²) < 4.78 is 4.73. The Bertz CT molecular complexity index is 729. The highest BCUT2D eigenvalue weighted by Crippen LogP contribution is 2.23. The number of esters is 1. The van der Waals surface area contributed by atoms with E-state index in [1.54, 1.807) is 6.92 Å². The predicted octanol–water partition coefficient (Wildman–Crippen LogP) is -0.314. The van der Waals surface area contributed by atoms with Gasteiger partial charge in [0, 0.05) is 19.8 Å². The number of pyridine rings is 1. The minimum absolute atomic E-state index is 0.00393. The van der Waals surface area contributed by atoms with Gasteiger partial charge in [-0.05, 0) is 19.1 Å². The van der Waals surface area contributed by atoms with E-state index in [1.807, 2.05) is 0 Å². The van der Waals surface area contributed by atoms with E-state index in [-0.39, 0.29) is 17.9 Å². The zero-order valence-corrected chi connectivity index (χ0v) is 12.8. The first kappa shape index (κ1) is 16.4. The number of H-pyrrole nitrogens is 1. The highest BCUT2D eigenvalue weighted by Gasteiger charge is 2.44. The molecule has 4 amide bonds. The molecule has 0 unspecified atom stereocenters. The molecular formula is C14H15N3O6. The molecule has 9 nitrogen and oxygen atoms in total. The van der Waals surface area contributed by atoms with Crippen LogP contribution in [-0.4, -0.2) is 59.3 Å². The second kappa shape index (κ2) is 6.03. The van der Waals surface area contributed by atoms with Crippen molar-refractivity contribution in [2.24, 2.45) is 0 Å². The Kier molecular flexibility index (Phi) is 4.30. The summed E-state index contributed by atoms with van der Waals surface area (Å²) in [6.07, 6.45) is 0. The molecule has 0 aromatic carbocycles. The Labute approximate surface area is 130 Å². The number of hydrogen-bond acceptors (Lipinski definition) is 6. The number of carbonyl (C=O) groups is 4. The van der Waals surface area contributed by atoms with Gasteiger partial charge in [0.2, 0.25) is 11.8 Å². The fourth-order valence-corrected chi connectivity index (χ4v) is 2.20. The van der Waals surface area contributed by atoms with Gasteiger partial charge in [-0.2, -0.15) is 0 Å². The van der Waals surface area contributed by atoms with Crippen LogP contribution in [0.3, 0.4) is 0 Å². The molecule has 0 aliphatic carbocycles. The topological polar surface area (TPSA) is 117 Å². The number of likely N-dealkylation sites (N-methyl/N-ethyl adjacent to an activating group) is 2. The highest BCUT2D eigenvalue weighted by atomic mass is 16.5. The first-order chi connectivity index (χ1) is 10.8. The lowest BCUT2D eigenvalue weighted by molar-refractivity contribution is -0.143.